The molecule has 0 atom stereocenters. The first-order chi connectivity index (χ1) is 9.13. The third-order valence-corrected chi connectivity index (χ3v) is 3.05. The van der Waals surface area contributed by atoms with Crippen LogP contribution in [0.1, 0.15) is 5.56 Å². The van der Waals surface area contributed by atoms with Gasteiger partial charge in [-0.2, -0.15) is 0 Å². The number of nitrogens with one attached hydrogen (secondary N) is 1. The molecule has 19 heavy (non-hydrogen) atoms. The fourth-order valence-corrected chi connectivity index (χ4v) is 2.00. The molecule has 0 fully saturated rings. The van der Waals surface area contributed by atoms with Gasteiger partial charge in [0.15, 0.2) is 0 Å². The van der Waals surface area contributed by atoms with Crippen LogP contribution in [0, 0.1) is 6.92 Å². The zero-order valence-electron chi connectivity index (χ0n) is 10.5. The summed E-state index contributed by atoms with van der Waals surface area (Å²) in [4.78, 5) is 19.3. The smallest absolute Gasteiger partial charge is 0.259 e. The molecule has 94 valence electrons. The van der Waals surface area contributed by atoms with E-state index in [9.17, 15) is 4.79 Å². The van der Waals surface area contributed by atoms with E-state index in [2.05, 4.69) is 9.97 Å². The fourth-order valence-electron chi connectivity index (χ4n) is 2.00. The molecule has 0 bridgehead atoms. The van der Waals surface area contributed by atoms with Gasteiger partial charge < -0.3 is 10.7 Å². The Morgan fingerprint density at radius 3 is 2.58 bits per heavy atom. The maximum absolute atomic E-state index is 12.0. The van der Waals surface area contributed by atoms with E-state index in [-0.39, 0.29) is 5.56 Å². The highest BCUT2D eigenvalue weighted by molar-refractivity contribution is 5.82. The Morgan fingerprint density at radius 2 is 1.84 bits per heavy atom. The summed E-state index contributed by atoms with van der Waals surface area (Å²) in [5.41, 5.74) is 8.77. The van der Waals surface area contributed by atoms with Crippen LogP contribution < -0.4 is 11.3 Å². The van der Waals surface area contributed by atoms with E-state index in [1.165, 1.54) is 5.56 Å². The van der Waals surface area contributed by atoms with E-state index in [0.29, 0.717) is 22.4 Å². The standard InChI is InChI=1S/C15H13N3O/c1-9-2-4-10(5-3-9)14-17-13-7-6-11(16)8-12(13)15(19)18-14/h2-8H,16H2,1H3,(H,17,18,19). The summed E-state index contributed by atoms with van der Waals surface area (Å²) in [6.45, 7) is 2.02. The quantitative estimate of drug-likeness (QED) is 0.653. The van der Waals surface area contributed by atoms with Gasteiger partial charge in [-0.25, -0.2) is 4.98 Å². The summed E-state index contributed by atoms with van der Waals surface area (Å²) in [6, 6.07) is 13.0. The summed E-state index contributed by atoms with van der Waals surface area (Å²) < 4.78 is 0. The van der Waals surface area contributed by atoms with Crippen LogP contribution in [-0.2, 0) is 0 Å². The van der Waals surface area contributed by atoms with Crippen LogP contribution in [0.25, 0.3) is 22.3 Å². The van der Waals surface area contributed by atoms with Crippen molar-refractivity contribution in [2.75, 3.05) is 5.73 Å². The van der Waals surface area contributed by atoms with Crippen molar-refractivity contribution in [1.29, 1.82) is 0 Å². The molecular weight excluding hydrogens is 238 g/mol. The second-order valence-corrected chi connectivity index (χ2v) is 4.56. The van der Waals surface area contributed by atoms with E-state index in [1.807, 2.05) is 31.2 Å². The van der Waals surface area contributed by atoms with Gasteiger partial charge in [0.25, 0.3) is 5.56 Å². The number of fused-ring (bicyclic) bond motifs is 1. The highest BCUT2D eigenvalue weighted by Gasteiger charge is 2.06. The highest BCUT2D eigenvalue weighted by atomic mass is 16.1. The Morgan fingerprint density at radius 1 is 1.11 bits per heavy atom. The lowest BCUT2D eigenvalue weighted by atomic mass is 10.1. The third-order valence-electron chi connectivity index (χ3n) is 3.05. The maximum Gasteiger partial charge on any atom is 0.259 e. The van der Waals surface area contributed by atoms with Gasteiger partial charge in [0.1, 0.15) is 5.82 Å². The number of hydrogen-bond donors (Lipinski definition) is 2. The Hall–Kier alpha value is -2.62. The molecule has 1 aromatic heterocycles. The molecule has 3 N–H and O–H groups in total. The van der Waals surface area contributed by atoms with Gasteiger partial charge in [-0.3, -0.25) is 4.79 Å². The zero-order valence-corrected chi connectivity index (χ0v) is 10.5. The van der Waals surface area contributed by atoms with Crippen LogP contribution in [0.3, 0.4) is 0 Å². The summed E-state index contributed by atoms with van der Waals surface area (Å²) in [6.07, 6.45) is 0. The topological polar surface area (TPSA) is 71.8 Å². The number of nitrogens with zero attached hydrogens (tertiary/aromatic N) is 1. The molecule has 4 heteroatoms. The van der Waals surface area contributed by atoms with Gasteiger partial charge in [0.2, 0.25) is 0 Å². The molecule has 0 aliphatic heterocycles. The van der Waals surface area contributed by atoms with Crippen molar-refractivity contribution in [3.05, 3.63) is 58.4 Å². The molecule has 0 radical (unpaired) electrons. The van der Waals surface area contributed by atoms with E-state index in [0.717, 1.165) is 5.56 Å². The Bertz CT molecular complexity index is 804. The molecule has 0 aliphatic carbocycles. The van der Waals surface area contributed by atoms with Crippen molar-refractivity contribution < 1.29 is 0 Å². The van der Waals surface area contributed by atoms with Gasteiger partial charge in [0.05, 0.1) is 10.9 Å². The summed E-state index contributed by atoms with van der Waals surface area (Å²) in [5.74, 6) is 0.572. The number of benzene rings is 2. The average Bonchev–Trinajstić information content (AvgIpc) is 2.40. The zero-order chi connectivity index (χ0) is 13.4. The molecule has 3 aromatic rings. The van der Waals surface area contributed by atoms with Crippen molar-refractivity contribution >= 4 is 16.6 Å². The average molecular weight is 251 g/mol. The van der Waals surface area contributed by atoms with Crippen LogP contribution in [0.15, 0.2) is 47.3 Å². The minimum Gasteiger partial charge on any atom is -0.399 e. The number of rotatable bonds is 1. The number of aromatic nitrogens is 2. The predicted molar refractivity (Wildman–Crippen MR) is 76.9 cm³/mol. The lowest BCUT2D eigenvalue weighted by Gasteiger charge is -2.04. The molecule has 0 saturated heterocycles. The molecule has 0 aliphatic rings. The van der Waals surface area contributed by atoms with Gasteiger partial charge in [-0.15, -0.1) is 0 Å². The number of aromatic amines is 1. The van der Waals surface area contributed by atoms with E-state index >= 15 is 0 Å². The minimum absolute atomic E-state index is 0.173. The summed E-state index contributed by atoms with van der Waals surface area (Å²) in [7, 11) is 0. The van der Waals surface area contributed by atoms with E-state index < -0.39 is 0 Å². The molecule has 2 aromatic carbocycles. The second kappa shape index (κ2) is 4.24. The lowest BCUT2D eigenvalue weighted by Crippen LogP contribution is -2.09. The van der Waals surface area contributed by atoms with Crippen molar-refractivity contribution in [1.82, 2.24) is 9.97 Å². The summed E-state index contributed by atoms with van der Waals surface area (Å²) in [5, 5.41) is 0.510. The molecule has 4 nitrogen and oxygen atoms in total. The van der Waals surface area contributed by atoms with Crippen molar-refractivity contribution in [3.8, 4) is 11.4 Å². The Labute approximate surface area is 109 Å². The second-order valence-electron chi connectivity index (χ2n) is 4.56. The largest absolute Gasteiger partial charge is 0.399 e. The van der Waals surface area contributed by atoms with Gasteiger partial charge in [0, 0.05) is 11.3 Å². The first-order valence-electron chi connectivity index (χ1n) is 6.00. The monoisotopic (exact) mass is 251 g/mol. The molecule has 0 amide bonds. The molecule has 0 saturated carbocycles. The predicted octanol–water partition coefficient (Wildman–Crippen LogP) is 2.48. The number of hydrogen-bond acceptors (Lipinski definition) is 3. The van der Waals surface area contributed by atoms with Crippen LogP contribution in [0.2, 0.25) is 0 Å². The normalized spacial score (nSPS) is 10.8. The number of anilines is 1. The summed E-state index contributed by atoms with van der Waals surface area (Å²) >= 11 is 0. The van der Waals surface area contributed by atoms with Gasteiger partial charge in [-0.05, 0) is 25.1 Å². The molecule has 0 unspecified atom stereocenters. The Balaban J connectivity index is 2.24. The maximum atomic E-state index is 12.0. The number of nitrogens with two attached hydrogens (primary N) is 1. The SMILES string of the molecule is Cc1ccc(-c2nc3ccc(N)cc3c(=O)[nH]2)cc1. The molecule has 0 spiro atoms. The first kappa shape index (κ1) is 11.5. The number of nitrogen functional groups attached to an aromatic ring is 1. The molecule has 1 heterocycles. The number of H-pyrrole nitrogens is 1. The van der Waals surface area contributed by atoms with Crippen molar-refractivity contribution in [3.63, 3.8) is 0 Å². The lowest BCUT2D eigenvalue weighted by molar-refractivity contribution is 1.18. The van der Waals surface area contributed by atoms with Crippen molar-refractivity contribution in [2.45, 2.75) is 6.92 Å². The minimum atomic E-state index is -0.173. The fraction of sp³-hybridized carbons (Fsp3) is 0.0667. The van der Waals surface area contributed by atoms with Gasteiger partial charge >= 0.3 is 0 Å². The molecular formula is C15H13N3O. The van der Waals surface area contributed by atoms with Crippen LogP contribution >= 0.6 is 0 Å². The van der Waals surface area contributed by atoms with E-state index in [1.54, 1.807) is 18.2 Å². The molecule has 3 rings (SSSR count). The van der Waals surface area contributed by atoms with Crippen molar-refractivity contribution in [2.24, 2.45) is 0 Å². The Kier molecular flexibility index (Phi) is 2.56. The first-order valence-corrected chi connectivity index (χ1v) is 6.00. The van der Waals surface area contributed by atoms with Crippen LogP contribution in [-0.4, -0.2) is 9.97 Å². The van der Waals surface area contributed by atoms with E-state index in [4.69, 9.17) is 5.73 Å². The van der Waals surface area contributed by atoms with Crippen LogP contribution in [0.4, 0.5) is 5.69 Å². The highest BCUT2D eigenvalue weighted by Crippen LogP contribution is 2.18. The third kappa shape index (κ3) is 2.08. The van der Waals surface area contributed by atoms with Crippen LogP contribution in [0.5, 0.6) is 0 Å². The van der Waals surface area contributed by atoms with Gasteiger partial charge in [-0.1, -0.05) is 29.8 Å². The number of aryl methyl sites for hydroxylation is 1.